The Morgan fingerprint density at radius 2 is 1.48 bits per heavy atom. The van der Waals surface area contributed by atoms with Crippen molar-refractivity contribution in [1.29, 1.82) is 0 Å². The van der Waals surface area contributed by atoms with Crippen LogP contribution < -0.4 is 0 Å². The molecule has 0 atom stereocenters. The number of benzene rings is 3. The maximum absolute atomic E-state index is 9.99. The predicted molar refractivity (Wildman–Crippen MR) is 122 cm³/mol. The molecule has 5 rings (SSSR count). The van der Waals surface area contributed by atoms with Crippen molar-refractivity contribution in [2.24, 2.45) is 0 Å². The molecule has 1 aliphatic carbocycles. The first-order valence-corrected chi connectivity index (χ1v) is 10.4. The van der Waals surface area contributed by atoms with Crippen LogP contribution >= 0.6 is 0 Å². The summed E-state index contributed by atoms with van der Waals surface area (Å²) in [7, 11) is 0. The quantitative estimate of drug-likeness (QED) is 0.399. The number of aromatic hydroxyl groups is 1. The molecule has 0 aliphatic heterocycles. The van der Waals surface area contributed by atoms with Crippen molar-refractivity contribution >= 4 is 0 Å². The summed E-state index contributed by atoms with van der Waals surface area (Å²) in [6, 6.07) is 27.5. The molecule has 3 aromatic carbocycles. The van der Waals surface area contributed by atoms with Gasteiger partial charge in [-0.25, -0.2) is 0 Å². The van der Waals surface area contributed by atoms with Gasteiger partial charge in [-0.2, -0.15) is 0 Å². The summed E-state index contributed by atoms with van der Waals surface area (Å²) >= 11 is 0. The number of phenolic OH excluding ortho intramolecular Hbond substituents is 1. The third-order valence-corrected chi connectivity index (χ3v) is 5.55. The highest BCUT2D eigenvalue weighted by atomic mass is 16.3. The van der Waals surface area contributed by atoms with Gasteiger partial charge in [0.05, 0.1) is 5.69 Å². The number of nitrogens with zero attached hydrogens (tertiary/aromatic N) is 1. The average molecular weight is 382 g/mol. The van der Waals surface area contributed by atoms with Crippen molar-refractivity contribution in [1.82, 2.24) is 4.57 Å². The van der Waals surface area contributed by atoms with E-state index in [4.69, 9.17) is 0 Å². The molecule has 2 heteroatoms. The van der Waals surface area contributed by atoms with E-state index >= 15 is 0 Å². The lowest BCUT2D eigenvalue weighted by Crippen LogP contribution is -2.08. The van der Waals surface area contributed by atoms with Crippen LogP contribution in [0.4, 0.5) is 0 Å². The van der Waals surface area contributed by atoms with Crippen molar-refractivity contribution in [3.8, 4) is 33.8 Å². The zero-order valence-electron chi connectivity index (χ0n) is 17.3. The van der Waals surface area contributed by atoms with Gasteiger partial charge in [-0.1, -0.05) is 68.4 Å². The van der Waals surface area contributed by atoms with Crippen LogP contribution in [0.3, 0.4) is 0 Å². The summed E-state index contributed by atoms with van der Waals surface area (Å²) in [6.45, 7) is 5.95. The van der Waals surface area contributed by atoms with Crippen LogP contribution in [0, 0.1) is 6.92 Å². The largest absolute Gasteiger partial charge is 0.508 e. The van der Waals surface area contributed by atoms with Crippen LogP contribution in [-0.4, -0.2) is 9.67 Å². The molecule has 29 heavy (non-hydrogen) atoms. The minimum atomic E-state index is 0.339. The van der Waals surface area contributed by atoms with Crippen LogP contribution in [0.2, 0.25) is 0 Å². The van der Waals surface area contributed by atoms with E-state index in [9.17, 15) is 5.11 Å². The van der Waals surface area contributed by atoms with E-state index in [1.807, 2.05) is 26.8 Å². The minimum absolute atomic E-state index is 0.339. The zero-order chi connectivity index (χ0) is 20.4. The van der Waals surface area contributed by atoms with Crippen LogP contribution in [0.25, 0.3) is 28.1 Å². The second-order valence-corrected chi connectivity index (χ2v) is 7.22. The summed E-state index contributed by atoms with van der Waals surface area (Å²) in [6.07, 6.45) is 2.07. The van der Waals surface area contributed by atoms with E-state index in [1.165, 1.54) is 33.6 Å². The molecule has 1 aliphatic rings. The van der Waals surface area contributed by atoms with Crippen LogP contribution in [0.1, 0.15) is 30.7 Å². The lowest BCUT2D eigenvalue weighted by Gasteiger charge is -2.20. The number of hydrogen-bond acceptors (Lipinski definition) is 1. The number of phenols is 1. The van der Waals surface area contributed by atoms with E-state index < -0.39 is 0 Å². The third kappa shape index (κ3) is 3.36. The smallest absolute Gasteiger partial charge is 0.118 e. The SMILES string of the molecule is CC.Cc1cc(-n2c(-c3ccccc3)cc3c2CCc2ccccc2-3)ccc1O. The number of aromatic nitrogens is 1. The fourth-order valence-electron chi connectivity index (χ4n) is 4.18. The maximum atomic E-state index is 9.99. The van der Waals surface area contributed by atoms with Gasteiger partial charge in [0.25, 0.3) is 0 Å². The van der Waals surface area contributed by atoms with E-state index in [2.05, 4.69) is 71.3 Å². The third-order valence-electron chi connectivity index (χ3n) is 5.55. The Morgan fingerprint density at radius 1 is 0.759 bits per heavy atom. The monoisotopic (exact) mass is 381 g/mol. The first-order chi connectivity index (χ1) is 14.2. The Morgan fingerprint density at radius 3 is 2.24 bits per heavy atom. The lowest BCUT2D eigenvalue weighted by molar-refractivity contribution is 0.471. The Hall–Kier alpha value is -3.26. The molecule has 0 saturated heterocycles. The zero-order valence-corrected chi connectivity index (χ0v) is 17.3. The molecule has 0 spiro atoms. The molecule has 1 N–H and O–H groups in total. The summed E-state index contributed by atoms with van der Waals surface area (Å²) in [5, 5.41) is 9.99. The van der Waals surface area contributed by atoms with E-state index in [1.54, 1.807) is 6.07 Å². The molecule has 0 amide bonds. The standard InChI is InChI=1S/C25H21NO.C2H6/c1-17-15-20(12-14-25(17)27)26-23-13-11-18-7-5-6-10-21(18)22(23)16-24(26)19-8-3-2-4-9-19;1-2/h2-10,12,14-16,27H,11,13H2,1H3;1-2H3. The summed E-state index contributed by atoms with van der Waals surface area (Å²) < 4.78 is 2.37. The van der Waals surface area contributed by atoms with Gasteiger partial charge in [0.2, 0.25) is 0 Å². The first kappa shape index (κ1) is 19.1. The minimum Gasteiger partial charge on any atom is -0.508 e. The molecule has 2 nitrogen and oxygen atoms in total. The number of rotatable bonds is 2. The Labute approximate surface area is 173 Å². The van der Waals surface area contributed by atoms with Crippen molar-refractivity contribution in [3.63, 3.8) is 0 Å². The van der Waals surface area contributed by atoms with Gasteiger partial charge >= 0.3 is 0 Å². The van der Waals surface area contributed by atoms with Crippen LogP contribution in [0.5, 0.6) is 5.75 Å². The van der Waals surface area contributed by atoms with Gasteiger partial charge < -0.3 is 9.67 Å². The van der Waals surface area contributed by atoms with Gasteiger partial charge in [0.1, 0.15) is 5.75 Å². The predicted octanol–water partition coefficient (Wildman–Crippen LogP) is 6.95. The van der Waals surface area contributed by atoms with E-state index in [-0.39, 0.29) is 0 Å². The van der Waals surface area contributed by atoms with Gasteiger partial charge in [0.15, 0.2) is 0 Å². The number of fused-ring (bicyclic) bond motifs is 3. The molecule has 0 saturated carbocycles. The normalized spacial score (nSPS) is 11.8. The lowest BCUT2D eigenvalue weighted by atomic mass is 9.90. The number of aryl methyl sites for hydroxylation is 2. The van der Waals surface area contributed by atoms with Gasteiger partial charge in [0, 0.05) is 16.9 Å². The van der Waals surface area contributed by atoms with Gasteiger partial charge in [-0.05, 0) is 66.3 Å². The Kier molecular flexibility index (Phi) is 5.26. The van der Waals surface area contributed by atoms with E-state index in [0.717, 1.165) is 24.1 Å². The molecular weight excluding hydrogens is 354 g/mol. The molecule has 4 aromatic rings. The highest BCUT2D eigenvalue weighted by Gasteiger charge is 2.23. The van der Waals surface area contributed by atoms with Crippen LogP contribution in [-0.2, 0) is 12.8 Å². The van der Waals surface area contributed by atoms with Gasteiger partial charge in [-0.3, -0.25) is 0 Å². The van der Waals surface area contributed by atoms with Gasteiger partial charge in [-0.15, -0.1) is 0 Å². The Bertz CT molecular complexity index is 1140. The van der Waals surface area contributed by atoms with E-state index in [0.29, 0.717) is 5.75 Å². The highest BCUT2D eigenvalue weighted by molar-refractivity contribution is 5.80. The number of hydrogen-bond donors (Lipinski definition) is 1. The second kappa shape index (κ2) is 8.00. The summed E-state index contributed by atoms with van der Waals surface area (Å²) in [5.74, 6) is 0.339. The Balaban J connectivity index is 0.000000994. The molecule has 0 fully saturated rings. The second-order valence-electron chi connectivity index (χ2n) is 7.22. The highest BCUT2D eigenvalue weighted by Crippen LogP contribution is 2.40. The maximum Gasteiger partial charge on any atom is 0.118 e. The summed E-state index contributed by atoms with van der Waals surface area (Å²) in [4.78, 5) is 0. The first-order valence-electron chi connectivity index (χ1n) is 10.4. The molecule has 146 valence electrons. The van der Waals surface area contributed by atoms with Crippen molar-refractivity contribution in [3.05, 3.63) is 95.7 Å². The fourth-order valence-corrected chi connectivity index (χ4v) is 4.18. The molecule has 0 bridgehead atoms. The van der Waals surface area contributed by atoms with Crippen LogP contribution in [0.15, 0.2) is 78.9 Å². The van der Waals surface area contributed by atoms with Crippen molar-refractivity contribution in [2.75, 3.05) is 0 Å². The average Bonchev–Trinajstić information content (AvgIpc) is 3.18. The van der Waals surface area contributed by atoms with Crippen molar-refractivity contribution in [2.45, 2.75) is 33.6 Å². The summed E-state index contributed by atoms with van der Waals surface area (Å²) in [5.41, 5.74) is 9.82. The molecular formula is C27H27NO. The molecule has 1 aromatic heterocycles. The van der Waals surface area contributed by atoms with Crippen molar-refractivity contribution < 1.29 is 5.11 Å². The molecule has 0 unspecified atom stereocenters. The molecule has 1 heterocycles. The topological polar surface area (TPSA) is 25.2 Å². The molecule has 0 radical (unpaired) electrons. The fraction of sp³-hybridized carbons (Fsp3) is 0.185.